The molecule has 0 radical (unpaired) electrons. The molecule has 170 valence electrons. The van der Waals surface area contributed by atoms with E-state index in [1.54, 1.807) is 0 Å². The van der Waals surface area contributed by atoms with Crippen molar-refractivity contribution in [3.05, 3.63) is 47.5 Å². The smallest absolute Gasteiger partial charge is 0.231 e. The zero-order valence-corrected chi connectivity index (χ0v) is 18.2. The van der Waals surface area contributed by atoms with Gasteiger partial charge in [0.25, 0.3) is 0 Å². The van der Waals surface area contributed by atoms with Gasteiger partial charge >= 0.3 is 0 Å². The first-order valence-electron chi connectivity index (χ1n) is 10.9. The average molecular weight is 440 g/mol. The number of carbonyl (C=O) groups excluding carboxylic acids is 1. The SMILES string of the molecule is CN(C)c1ccc2c(c1)[C@H]1C[C@H](CC(=O)NCc3ccc4c(c3)OCO4)O[C@H](CO)[C@H]1O2. The molecule has 8 heteroatoms. The molecule has 1 amide bonds. The summed E-state index contributed by atoms with van der Waals surface area (Å²) in [6.07, 6.45) is -0.0890. The number of amides is 1. The highest BCUT2D eigenvalue weighted by Gasteiger charge is 2.46. The van der Waals surface area contributed by atoms with Gasteiger partial charge in [-0.25, -0.2) is 0 Å². The van der Waals surface area contributed by atoms with Gasteiger partial charge < -0.3 is 34.3 Å². The van der Waals surface area contributed by atoms with Crippen LogP contribution in [0.2, 0.25) is 0 Å². The van der Waals surface area contributed by atoms with Crippen LogP contribution >= 0.6 is 0 Å². The number of carbonyl (C=O) groups is 1. The van der Waals surface area contributed by atoms with Crippen LogP contribution in [0.5, 0.6) is 17.2 Å². The molecule has 1 fully saturated rings. The first-order valence-corrected chi connectivity index (χ1v) is 10.9. The van der Waals surface area contributed by atoms with Gasteiger partial charge in [-0.2, -0.15) is 0 Å². The lowest BCUT2D eigenvalue weighted by Gasteiger charge is -2.37. The molecule has 3 heterocycles. The van der Waals surface area contributed by atoms with Crippen LogP contribution in [0.4, 0.5) is 5.69 Å². The Morgan fingerprint density at radius 1 is 1.12 bits per heavy atom. The minimum Gasteiger partial charge on any atom is -0.487 e. The first-order chi connectivity index (χ1) is 15.5. The van der Waals surface area contributed by atoms with E-state index in [0.717, 1.165) is 28.3 Å². The van der Waals surface area contributed by atoms with E-state index in [0.29, 0.717) is 18.7 Å². The van der Waals surface area contributed by atoms with Crippen molar-refractivity contribution >= 4 is 11.6 Å². The van der Waals surface area contributed by atoms with Crippen molar-refractivity contribution < 1.29 is 28.8 Å². The first kappa shape index (κ1) is 20.9. The maximum atomic E-state index is 12.6. The van der Waals surface area contributed by atoms with Crippen LogP contribution in [-0.4, -0.2) is 56.8 Å². The molecule has 0 saturated carbocycles. The Hall–Kier alpha value is -2.97. The van der Waals surface area contributed by atoms with E-state index < -0.39 is 6.10 Å². The number of rotatable bonds is 6. The molecule has 3 aliphatic heterocycles. The van der Waals surface area contributed by atoms with Gasteiger partial charge in [-0.3, -0.25) is 4.79 Å². The van der Waals surface area contributed by atoms with Gasteiger partial charge in [0.05, 0.1) is 19.1 Å². The topological polar surface area (TPSA) is 89.5 Å². The van der Waals surface area contributed by atoms with E-state index in [9.17, 15) is 9.90 Å². The van der Waals surface area contributed by atoms with Gasteiger partial charge in [0.15, 0.2) is 11.5 Å². The zero-order valence-electron chi connectivity index (χ0n) is 18.2. The number of nitrogens with zero attached hydrogens (tertiary/aromatic N) is 1. The third-order valence-electron chi connectivity index (χ3n) is 6.34. The van der Waals surface area contributed by atoms with Crippen LogP contribution in [0.25, 0.3) is 0 Å². The fraction of sp³-hybridized carbons (Fsp3) is 0.458. The Balaban J connectivity index is 1.23. The number of aliphatic hydroxyl groups is 1. The number of anilines is 1. The molecule has 0 unspecified atom stereocenters. The number of hydrogen-bond donors (Lipinski definition) is 2. The van der Waals surface area contributed by atoms with Gasteiger partial charge in [-0.15, -0.1) is 0 Å². The Labute approximate surface area is 187 Å². The summed E-state index contributed by atoms with van der Waals surface area (Å²) in [7, 11) is 4.01. The van der Waals surface area contributed by atoms with Gasteiger partial charge in [-0.1, -0.05) is 6.07 Å². The number of hydrogen-bond acceptors (Lipinski definition) is 7. The third-order valence-corrected chi connectivity index (χ3v) is 6.34. The summed E-state index contributed by atoms with van der Waals surface area (Å²) in [5.41, 5.74) is 3.15. The maximum Gasteiger partial charge on any atom is 0.231 e. The maximum absolute atomic E-state index is 12.6. The Kier molecular flexibility index (Phi) is 5.57. The number of ether oxygens (including phenoxy) is 4. The molecule has 8 nitrogen and oxygen atoms in total. The van der Waals surface area contributed by atoms with Gasteiger partial charge in [0.2, 0.25) is 12.7 Å². The summed E-state index contributed by atoms with van der Waals surface area (Å²) in [5, 5.41) is 12.9. The summed E-state index contributed by atoms with van der Waals surface area (Å²) in [5.74, 6) is 2.24. The Bertz CT molecular complexity index is 1010. The highest BCUT2D eigenvalue weighted by molar-refractivity contribution is 5.76. The van der Waals surface area contributed by atoms with Crippen LogP contribution in [0.15, 0.2) is 36.4 Å². The zero-order chi connectivity index (χ0) is 22.2. The van der Waals surface area contributed by atoms with Crippen molar-refractivity contribution in [1.29, 1.82) is 0 Å². The Morgan fingerprint density at radius 2 is 1.94 bits per heavy atom. The molecular weight excluding hydrogens is 412 g/mol. The number of benzene rings is 2. The lowest BCUT2D eigenvalue weighted by molar-refractivity contribution is -0.142. The average Bonchev–Trinajstić information content (AvgIpc) is 3.40. The monoisotopic (exact) mass is 440 g/mol. The number of nitrogens with one attached hydrogen (secondary N) is 1. The van der Waals surface area contributed by atoms with Crippen LogP contribution in [0.3, 0.4) is 0 Å². The second-order valence-electron chi connectivity index (χ2n) is 8.69. The minimum absolute atomic E-state index is 0.0856. The summed E-state index contributed by atoms with van der Waals surface area (Å²) in [4.78, 5) is 14.7. The van der Waals surface area contributed by atoms with E-state index in [1.807, 2.05) is 44.4 Å². The van der Waals surface area contributed by atoms with Gasteiger partial charge in [-0.05, 0) is 42.3 Å². The van der Waals surface area contributed by atoms with Crippen molar-refractivity contribution in [2.24, 2.45) is 0 Å². The van der Waals surface area contributed by atoms with E-state index in [4.69, 9.17) is 18.9 Å². The van der Waals surface area contributed by atoms with Crippen LogP contribution in [-0.2, 0) is 16.1 Å². The van der Waals surface area contributed by atoms with Crippen molar-refractivity contribution in [2.45, 2.75) is 43.6 Å². The van der Waals surface area contributed by atoms with E-state index >= 15 is 0 Å². The number of aliphatic hydroxyl groups excluding tert-OH is 1. The van der Waals surface area contributed by atoms with E-state index in [2.05, 4.69) is 16.3 Å². The molecule has 32 heavy (non-hydrogen) atoms. The van der Waals surface area contributed by atoms with Gasteiger partial charge in [0, 0.05) is 37.8 Å². The molecule has 2 N–H and O–H groups in total. The van der Waals surface area contributed by atoms with E-state index in [-0.39, 0.29) is 43.9 Å². The molecule has 2 aromatic rings. The summed E-state index contributed by atoms with van der Waals surface area (Å²) < 4.78 is 22.9. The highest BCUT2D eigenvalue weighted by Crippen LogP contribution is 2.47. The quantitative estimate of drug-likeness (QED) is 0.712. The second kappa shape index (κ2) is 8.52. The van der Waals surface area contributed by atoms with Gasteiger partial charge in [0.1, 0.15) is 18.0 Å². The molecule has 0 spiro atoms. The molecule has 2 aromatic carbocycles. The highest BCUT2D eigenvalue weighted by atomic mass is 16.7. The molecule has 4 atom stereocenters. The predicted octanol–water partition coefficient (Wildman–Crippen LogP) is 2.18. The van der Waals surface area contributed by atoms with Crippen LogP contribution < -0.4 is 24.4 Å². The molecule has 0 bridgehead atoms. The third kappa shape index (κ3) is 3.96. The Morgan fingerprint density at radius 3 is 2.75 bits per heavy atom. The predicted molar refractivity (Wildman–Crippen MR) is 117 cm³/mol. The van der Waals surface area contributed by atoms with Crippen LogP contribution in [0.1, 0.15) is 29.9 Å². The second-order valence-corrected chi connectivity index (χ2v) is 8.69. The molecule has 3 aliphatic rings. The standard InChI is InChI=1S/C24H28N2O6/c1-26(2)15-4-6-19-17(8-15)18-9-16(31-22(12-27)24(18)32-19)10-23(28)25-11-14-3-5-20-21(7-14)30-13-29-20/h3-8,16,18,22,24,27H,9-13H2,1-2H3,(H,25,28)/t16-,18-,22-,24+/m1/s1. The van der Waals surface area contributed by atoms with Crippen molar-refractivity contribution in [3.63, 3.8) is 0 Å². The van der Waals surface area contributed by atoms with Crippen molar-refractivity contribution in [1.82, 2.24) is 5.32 Å². The minimum atomic E-state index is -0.462. The lowest BCUT2D eigenvalue weighted by atomic mass is 9.84. The summed E-state index contributed by atoms with van der Waals surface area (Å²) >= 11 is 0. The molecule has 5 rings (SSSR count). The van der Waals surface area contributed by atoms with E-state index in [1.165, 1.54) is 0 Å². The summed E-state index contributed by atoms with van der Waals surface area (Å²) in [6.45, 7) is 0.474. The molecule has 1 saturated heterocycles. The molecular formula is C24H28N2O6. The van der Waals surface area contributed by atoms with Crippen LogP contribution in [0, 0.1) is 0 Å². The molecule has 0 aromatic heterocycles. The normalized spacial score (nSPS) is 25.0. The van der Waals surface area contributed by atoms with Crippen molar-refractivity contribution in [3.8, 4) is 17.2 Å². The summed E-state index contributed by atoms with van der Waals surface area (Å²) in [6, 6.07) is 11.8. The lowest BCUT2D eigenvalue weighted by Crippen LogP contribution is -2.47. The molecule has 0 aliphatic carbocycles. The number of fused-ring (bicyclic) bond motifs is 4. The van der Waals surface area contributed by atoms with Crippen molar-refractivity contribution in [2.75, 3.05) is 32.4 Å². The largest absolute Gasteiger partial charge is 0.487 e. The fourth-order valence-electron chi connectivity index (χ4n) is 4.69. The fourth-order valence-corrected chi connectivity index (χ4v) is 4.69.